The second kappa shape index (κ2) is 8.61. The van der Waals surface area contributed by atoms with Crippen LogP contribution in [0.4, 0.5) is 5.95 Å². The highest BCUT2D eigenvalue weighted by atomic mass is 16.5. The predicted molar refractivity (Wildman–Crippen MR) is 124 cm³/mol. The number of ether oxygens (including phenoxy) is 4. The van der Waals surface area contributed by atoms with Crippen LogP contribution in [0, 0.1) is 0 Å². The molecule has 8 heteroatoms. The molecule has 0 spiro atoms. The molecule has 0 radical (unpaired) electrons. The Hall–Kier alpha value is -3.42. The van der Waals surface area contributed by atoms with Gasteiger partial charge in [-0.2, -0.15) is 0 Å². The van der Waals surface area contributed by atoms with Crippen LogP contribution in [-0.4, -0.2) is 45.0 Å². The van der Waals surface area contributed by atoms with Crippen molar-refractivity contribution < 1.29 is 18.9 Å². The lowest BCUT2D eigenvalue weighted by Gasteiger charge is -2.30. The molecule has 0 aliphatic carbocycles. The number of methoxy groups -OCH3 is 4. The van der Waals surface area contributed by atoms with Gasteiger partial charge in [0.1, 0.15) is 0 Å². The molecule has 0 atom stereocenters. The van der Waals surface area contributed by atoms with Gasteiger partial charge in [-0.1, -0.05) is 13.8 Å². The summed E-state index contributed by atoms with van der Waals surface area (Å²) in [4.78, 5) is 23.1. The molecule has 0 amide bonds. The molecule has 170 valence electrons. The van der Waals surface area contributed by atoms with E-state index >= 15 is 0 Å². The summed E-state index contributed by atoms with van der Waals surface area (Å²) in [6.07, 6.45) is 0.806. The van der Waals surface area contributed by atoms with Crippen LogP contribution in [0.25, 0.3) is 10.9 Å². The SMILES string of the molecule is COc1cc2c(cc1OC)CN(c1nc3cc(OC)c(OC)c(C(C)C)c3c(=O)[nH]1)CC2. The molecule has 4 rings (SSSR count). The lowest BCUT2D eigenvalue weighted by molar-refractivity contribution is 0.351. The van der Waals surface area contributed by atoms with Crippen molar-refractivity contribution >= 4 is 16.9 Å². The Morgan fingerprint density at radius 2 is 1.59 bits per heavy atom. The first-order valence-corrected chi connectivity index (χ1v) is 10.6. The Morgan fingerprint density at radius 1 is 0.938 bits per heavy atom. The van der Waals surface area contributed by atoms with Gasteiger partial charge in [0.05, 0.1) is 39.3 Å². The lowest BCUT2D eigenvalue weighted by atomic mass is 9.97. The van der Waals surface area contributed by atoms with E-state index in [-0.39, 0.29) is 11.5 Å². The highest BCUT2D eigenvalue weighted by molar-refractivity contribution is 5.87. The van der Waals surface area contributed by atoms with Crippen molar-refractivity contribution in [1.82, 2.24) is 9.97 Å². The Labute approximate surface area is 187 Å². The summed E-state index contributed by atoms with van der Waals surface area (Å²) >= 11 is 0. The number of hydrogen-bond acceptors (Lipinski definition) is 7. The molecule has 0 unspecified atom stereocenters. The van der Waals surface area contributed by atoms with Crippen LogP contribution in [-0.2, 0) is 13.0 Å². The van der Waals surface area contributed by atoms with E-state index in [0.29, 0.717) is 40.6 Å². The van der Waals surface area contributed by atoms with Crippen molar-refractivity contribution in [1.29, 1.82) is 0 Å². The molecule has 32 heavy (non-hydrogen) atoms. The number of hydrogen-bond donors (Lipinski definition) is 1. The van der Waals surface area contributed by atoms with Crippen molar-refractivity contribution in [2.75, 3.05) is 39.9 Å². The molecule has 0 saturated heterocycles. The van der Waals surface area contributed by atoms with E-state index in [0.717, 1.165) is 29.8 Å². The lowest BCUT2D eigenvalue weighted by Crippen LogP contribution is -2.33. The van der Waals surface area contributed by atoms with E-state index in [1.54, 1.807) is 34.5 Å². The molecule has 1 N–H and O–H groups in total. The number of fused-ring (bicyclic) bond motifs is 2. The molecule has 0 fully saturated rings. The van der Waals surface area contributed by atoms with Gasteiger partial charge >= 0.3 is 0 Å². The van der Waals surface area contributed by atoms with Crippen LogP contribution in [0.15, 0.2) is 23.0 Å². The van der Waals surface area contributed by atoms with Gasteiger partial charge in [-0.05, 0) is 35.6 Å². The summed E-state index contributed by atoms with van der Waals surface area (Å²) in [6, 6.07) is 5.78. The number of rotatable bonds is 6. The largest absolute Gasteiger partial charge is 0.493 e. The van der Waals surface area contributed by atoms with Crippen molar-refractivity contribution in [3.8, 4) is 23.0 Å². The maximum Gasteiger partial charge on any atom is 0.260 e. The first kappa shape index (κ1) is 21.8. The van der Waals surface area contributed by atoms with Gasteiger partial charge in [0.15, 0.2) is 23.0 Å². The number of aromatic nitrogens is 2. The van der Waals surface area contributed by atoms with Gasteiger partial charge in [0.25, 0.3) is 5.56 Å². The first-order valence-electron chi connectivity index (χ1n) is 10.6. The normalized spacial score (nSPS) is 13.3. The standard InChI is InChI=1S/C24H29N3O5/c1-13(2)20-21-16(11-19(31-5)22(20)32-6)25-24(26-23(21)28)27-8-7-14-9-17(29-3)18(30-4)10-15(14)12-27/h9-11,13H,7-8,12H2,1-6H3,(H,25,26,28). The number of nitrogens with one attached hydrogen (secondary N) is 1. The predicted octanol–water partition coefficient (Wildman–Crippen LogP) is 3.64. The van der Waals surface area contributed by atoms with Gasteiger partial charge in [0, 0.05) is 24.7 Å². The fraction of sp³-hybridized carbons (Fsp3) is 0.417. The van der Waals surface area contributed by atoms with E-state index < -0.39 is 0 Å². The van der Waals surface area contributed by atoms with E-state index in [1.165, 1.54) is 5.56 Å². The number of aromatic amines is 1. The second-order valence-corrected chi connectivity index (χ2v) is 8.11. The third-order valence-electron chi connectivity index (χ3n) is 5.96. The van der Waals surface area contributed by atoms with Gasteiger partial charge in [0.2, 0.25) is 5.95 Å². The molecule has 3 aromatic rings. The van der Waals surface area contributed by atoms with E-state index in [4.69, 9.17) is 23.9 Å². The summed E-state index contributed by atoms with van der Waals surface area (Å²) in [6.45, 7) is 5.37. The molecule has 8 nitrogen and oxygen atoms in total. The summed E-state index contributed by atoms with van der Waals surface area (Å²) < 4.78 is 22.0. The number of anilines is 1. The van der Waals surface area contributed by atoms with Crippen LogP contribution in [0.5, 0.6) is 23.0 Å². The maximum absolute atomic E-state index is 13.2. The minimum atomic E-state index is -0.187. The number of H-pyrrole nitrogens is 1. The fourth-order valence-electron chi connectivity index (χ4n) is 4.41. The third-order valence-corrected chi connectivity index (χ3v) is 5.96. The van der Waals surface area contributed by atoms with Gasteiger partial charge in [-0.15, -0.1) is 0 Å². The van der Waals surface area contributed by atoms with Crippen LogP contribution in [0.2, 0.25) is 0 Å². The molecule has 1 aromatic heterocycles. The number of benzene rings is 2. The quantitative estimate of drug-likeness (QED) is 0.627. The minimum Gasteiger partial charge on any atom is -0.493 e. The minimum absolute atomic E-state index is 0.0561. The average Bonchev–Trinajstić information content (AvgIpc) is 2.80. The van der Waals surface area contributed by atoms with Crippen LogP contribution in [0.3, 0.4) is 0 Å². The topological polar surface area (TPSA) is 85.9 Å². The zero-order valence-electron chi connectivity index (χ0n) is 19.4. The Bertz CT molecular complexity index is 1220. The van der Waals surface area contributed by atoms with Gasteiger partial charge in [-0.3, -0.25) is 9.78 Å². The van der Waals surface area contributed by atoms with Crippen molar-refractivity contribution in [3.63, 3.8) is 0 Å². The van der Waals surface area contributed by atoms with E-state index in [2.05, 4.69) is 9.88 Å². The average molecular weight is 440 g/mol. The van der Waals surface area contributed by atoms with Crippen molar-refractivity contribution in [2.24, 2.45) is 0 Å². The highest BCUT2D eigenvalue weighted by Crippen LogP contribution is 2.40. The number of nitrogens with zero attached hydrogens (tertiary/aromatic N) is 2. The van der Waals surface area contributed by atoms with E-state index in [1.807, 2.05) is 26.0 Å². The maximum atomic E-state index is 13.2. The summed E-state index contributed by atoms with van der Waals surface area (Å²) in [5.41, 5.74) is 3.52. The summed E-state index contributed by atoms with van der Waals surface area (Å²) in [5, 5.41) is 0.533. The Balaban J connectivity index is 1.81. The summed E-state index contributed by atoms with van der Waals surface area (Å²) in [5.74, 6) is 3.13. The van der Waals surface area contributed by atoms with Crippen molar-refractivity contribution in [2.45, 2.75) is 32.7 Å². The second-order valence-electron chi connectivity index (χ2n) is 8.11. The third kappa shape index (κ3) is 3.59. The van der Waals surface area contributed by atoms with E-state index in [9.17, 15) is 4.79 Å². The van der Waals surface area contributed by atoms with Crippen LogP contribution in [0.1, 0.15) is 36.5 Å². The Morgan fingerprint density at radius 3 is 2.19 bits per heavy atom. The van der Waals surface area contributed by atoms with Gasteiger partial charge < -0.3 is 23.8 Å². The molecule has 0 saturated carbocycles. The van der Waals surface area contributed by atoms with Gasteiger partial charge in [-0.25, -0.2) is 4.98 Å². The zero-order chi connectivity index (χ0) is 23.0. The first-order chi connectivity index (χ1) is 15.4. The fourth-order valence-corrected chi connectivity index (χ4v) is 4.41. The highest BCUT2D eigenvalue weighted by Gasteiger charge is 2.24. The smallest absolute Gasteiger partial charge is 0.260 e. The zero-order valence-corrected chi connectivity index (χ0v) is 19.4. The van der Waals surface area contributed by atoms with Crippen LogP contribution >= 0.6 is 0 Å². The molecule has 0 bridgehead atoms. The monoisotopic (exact) mass is 439 g/mol. The molecule has 1 aliphatic rings. The molecule has 2 aromatic carbocycles. The molecule has 1 aliphatic heterocycles. The molecular formula is C24H29N3O5. The Kier molecular flexibility index (Phi) is 5.86. The van der Waals surface area contributed by atoms with Crippen LogP contribution < -0.4 is 29.4 Å². The molecule has 2 heterocycles. The van der Waals surface area contributed by atoms with Crippen molar-refractivity contribution in [3.05, 3.63) is 45.2 Å². The molecular weight excluding hydrogens is 410 g/mol. The summed E-state index contributed by atoms with van der Waals surface area (Å²) in [7, 11) is 6.43.